The fourth-order valence-corrected chi connectivity index (χ4v) is 2.68. The van der Waals surface area contributed by atoms with E-state index < -0.39 is 0 Å². The van der Waals surface area contributed by atoms with Crippen molar-refractivity contribution in [3.05, 3.63) is 29.8 Å². The predicted octanol–water partition coefficient (Wildman–Crippen LogP) is 2.85. The lowest BCUT2D eigenvalue weighted by molar-refractivity contribution is 0.323. The van der Waals surface area contributed by atoms with Gasteiger partial charge in [-0.15, -0.1) is 0 Å². The van der Waals surface area contributed by atoms with Crippen molar-refractivity contribution >= 4 is 6.08 Å². The van der Waals surface area contributed by atoms with Gasteiger partial charge in [0.2, 0.25) is 11.8 Å². The first-order chi connectivity index (χ1) is 10.2. The number of hydrogen-bond donors (Lipinski definition) is 0. The van der Waals surface area contributed by atoms with Gasteiger partial charge in [-0.25, -0.2) is 9.79 Å². The van der Waals surface area contributed by atoms with Crippen molar-refractivity contribution in [1.29, 1.82) is 0 Å². The third-order valence-corrected chi connectivity index (χ3v) is 3.73. The van der Waals surface area contributed by atoms with Crippen LogP contribution in [-0.2, 0) is 4.79 Å². The molecular weight excluding hydrogens is 270 g/mol. The Labute approximate surface area is 124 Å². The summed E-state index contributed by atoms with van der Waals surface area (Å²) in [6, 6.07) is 3.73. The second kappa shape index (κ2) is 6.95. The number of hydrogen-bond acceptors (Lipinski definition) is 5. The minimum atomic E-state index is -0.102. The zero-order valence-electron chi connectivity index (χ0n) is 12.5. The maximum atomic E-state index is 10.6. The van der Waals surface area contributed by atoms with Gasteiger partial charge in [0.15, 0.2) is 11.5 Å². The normalized spacial score (nSPS) is 20.5. The van der Waals surface area contributed by atoms with E-state index in [1.807, 2.05) is 18.2 Å². The summed E-state index contributed by atoms with van der Waals surface area (Å²) >= 11 is 0. The molecule has 0 saturated carbocycles. The molecule has 0 radical (unpaired) electrons. The smallest absolute Gasteiger partial charge is 0.235 e. The van der Waals surface area contributed by atoms with Gasteiger partial charge in [0.1, 0.15) is 0 Å². The van der Waals surface area contributed by atoms with Crippen LogP contribution in [0.5, 0.6) is 17.2 Å². The van der Waals surface area contributed by atoms with Crippen LogP contribution in [0.15, 0.2) is 29.3 Å². The maximum absolute atomic E-state index is 10.6. The second-order valence-electron chi connectivity index (χ2n) is 4.80. The Balaban J connectivity index is 2.47. The summed E-state index contributed by atoms with van der Waals surface area (Å²) in [5.41, 5.74) is 1.01. The zero-order valence-corrected chi connectivity index (χ0v) is 12.5. The van der Waals surface area contributed by atoms with Crippen molar-refractivity contribution in [1.82, 2.24) is 0 Å². The molecule has 5 nitrogen and oxygen atoms in total. The molecule has 0 aliphatic heterocycles. The zero-order chi connectivity index (χ0) is 15.2. The van der Waals surface area contributed by atoms with Crippen molar-refractivity contribution in [3.63, 3.8) is 0 Å². The van der Waals surface area contributed by atoms with Gasteiger partial charge in [-0.2, -0.15) is 0 Å². The SMILES string of the molecule is COc1cc([C@H]2CC=CC[C@@H]2N=C=O)cc(OC)c1OC. The van der Waals surface area contributed by atoms with E-state index in [1.54, 1.807) is 27.4 Å². The first-order valence-electron chi connectivity index (χ1n) is 6.77. The molecule has 112 valence electrons. The second-order valence-corrected chi connectivity index (χ2v) is 4.80. The Morgan fingerprint density at radius 2 is 1.67 bits per heavy atom. The van der Waals surface area contributed by atoms with Crippen molar-refractivity contribution in [2.24, 2.45) is 4.99 Å². The van der Waals surface area contributed by atoms with E-state index in [0.717, 1.165) is 18.4 Å². The highest BCUT2D eigenvalue weighted by Gasteiger charge is 2.26. The first kappa shape index (κ1) is 15.1. The number of methoxy groups -OCH3 is 3. The standard InChI is InChI=1S/C16H19NO4/c1-19-14-8-11(9-15(20-2)16(14)21-3)12-6-4-5-7-13(12)17-10-18/h4-5,8-9,12-13H,6-7H2,1-3H3/t12-,13+/m1/s1. The minimum absolute atomic E-state index is 0.102. The highest BCUT2D eigenvalue weighted by molar-refractivity contribution is 5.55. The molecule has 5 heteroatoms. The first-order valence-corrected chi connectivity index (χ1v) is 6.77. The van der Waals surface area contributed by atoms with Crippen LogP contribution in [0.2, 0.25) is 0 Å². The van der Waals surface area contributed by atoms with Gasteiger partial charge >= 0.3 is 0 Å². The van der Waals surface area contributed by atoms with E-state index in [0.29, 0.717) is 17.2 Å². The molecule has 0 amide bonds. The molecule has 0 saturated heterocycles. The number of nitrogens with zero attached hydrogens (tertiary/aromatic N) is 1. The third-order valence-electron chi connectivity index (χ3n) is 3.73. The number of benzene rings is 1. The number of allylic oxidation sites excluding steroid dienone is 1. The molecule has 2 atom stereocenters. The van der Waals surface area contributed by atoms with Crippen molar-refractivity contribution in [2.45, 2.75) is 24.8 Å². The molecule has 0 fully saturated rings. The fraction of sp³-hybridized carbons (Fsp3) is 0.438. The summed E-state index contributed by atoms with van der Waals surface area (Å²) in [4.78, 5) is 14.5. The van der Waals surface area contributed by atoms with E-state index >= 15 is 0 Å². The van der Waals surface area contributed by atoms with E-state index in [2.05, 4.69) is 11.1 Å². The van der Waals surface area contributed by atoms with E-state index in [4.69, 9.17) is 14.2 Å². The Hall–Kier alpha value is -2.26. The maximum Gasteiger partial charge on any atom is 0.235 e. The largest absolute Gasteiger partial charge is 0.493 e. The highest BCUT2D eigenvalue weighted by Crippen LogP contribution is 2.42. The summed E-state index contributed by atoms with van der Waals surface area (Å²) < 4.78 is 16.1. The lowest BCUT2D eigenvalue weighted by Gasteiger charge is -2.26. The summed E-state index contributed by atoms with van der Waals surface area (Å²) in [5, 5.41) is 0. The van der Waals surface area contributed by atoms with Crippen LogP contribution in [0, 0.1) is 0 Å². The molecule has 0 spiro atoms. The highest BCUT2D eigenvalue weighted by atomic mass is 16.5. The Morgan fingerprint density at radius 1 is 1.05 bits per heavy atom. The Bertz CT molecular complexity index is 551. The molecule has 0 unspecified atom stereocenters. The lowest BCUT2D eigenvalue weighted by atomic mass is 9.83. The Morgan fingerprint density at radius 3 is 2.19 bits per heavy atom. The topological polar surface area (TPSA) is 57.1 Å². The minimum Gasteiger partial charge on any atom is -0.493 e. The summed E-state index contributed by atoms with van der Waals surface area (Å²) in [7, 11) is 4.74. The van der Waals surface area contributed by atoms with Gasteiger partial charge in [0, 0.05) is 5.92 Å². The summed E-state index contributed by atoms with van der Waals surface area (Å²) in [6.07, 6.45) is 7.36. The van der Waals surface area contributed by atoms with Gasteiger partial charge in [-0.05, 0) is 30.5 Å². The molecule has 0 aromatic heterocycles. The molecule has 1 aromatic rings. The number of aliphatic imine (C=N–C) groups is 1. The van der Waals surface area contributed by atoms with Gasteiger partial charge in [-0.3, -0.25) is 0 Å². The summed E-state index contributed by atoms with van der Waals surface area (Å²) in [5.74, 6) is 1.88. The van der Waals surface area contributed by atoms with E-state index in [9.17, 15) is 4.79 Å². The van der Waals surface area contributed by atoms with Crippen LogP contribution in [0.3, 0.4) is 0 Å². The van der Waals surface area contributed by atoms with Crippen LogP contribution in [0.25, 0.3) is 0 Å². The van der Waals surface area contributed by atoms with Crippen molar-refractivity contribution in [2.75, 3.05) is 21.3 Å². The van der Waals surface area contributed by atoms with Crippen LogP contribution in [-0.4, -0.2) is 33.5 Å². The predicted molar refractivity (Wildman–Crippen MR) is 79.1 cm³/mol. The number of carbonyl (C=O) groups excluding carboxylic acids is 1. The van der Waals surface area contributed by atoms with Crippen molar-refractivity contribution < 1.29 is 19.0 Å². The van der Waals surface area contributed by atoms with E-state index in [1.165, 1.54) is 0 Å². The van der Waals surface area contributed by atoms with Crippen molar-refractivity contribution in [3.8, 4) is 17.2 Å². The molecule has 1 aliphatic carbocycles. The Kier molecular flexibility index (Phi) is 5.01. The fourth-order valence-electron chi connectivity index (χ4n) is 2.68. The molecule has 21 heavy (non-hydrogen) atoms. The average molecular weight is 289 g/mol. The molecule has 1 aliphatic rings. The molecular formula is C16H19NO4. The van der Waals surface area contributed by atoms with Gasteiger partial charge < -0.3 is 14.2 Å². The number of ether oxygens (including phenoxy) is 3. The lowest BCUT2D eigenvalue weighted by Crippen LogP contribution is -2.18. The summed E-state index contributed by atoms with van der Waals surface area (Å²) in [6.45, 7) is 0. The molecule has 1 aromatic carbocycles. The molecule has 0 heterocycles. The molecule has 0 bridgehead atoms. The monoisotopic (exact) mass is 289 g/mol. The number of isocyanates is 1. The van der Waals surface area contributed by atoms with E-state index in [-0.39, 0.29) is 12.0 Å². The van der Waals surface area contributed by atoms with Gasteiger partial charge in [-0.1, -0.05) is 12.2 Å². The number of rotatable bonds is 5. The van der Waals surface area contributed by atoms with Gasteiger partial charge in [0.25, 0.3) is 0 Å². The van der Waals surface area contributed by atoms with Crippen LogP contribution >= 0.6 is 0 Å². The third kappa shape index (κ3) is 3.09. The molecule has 2 rings (SSSR count). The quantitative estimate of drug-likeness (QED) is 0.475. The molecule has 0 N–H and O–H groups in total. The van der Waals surface area contributed by atoms with Crippen LogP contribution < -0.4 is 14.2 Å². The average Bonchev–Trinajstić information content (AvgIpc) is 2.54. The van der Waals surface area contributed by atoms with Gasteiger partial charge in [0.05, 0.1) is 27.4 Å². The van der Waals surface area contributed by atoms with Crippen LogP contribution in [0.4, 0.5) is 0 Å². The van der Waals surface area contributed by atoms with Crippen LogP contribution in [0.1, 0.15) is 24.3 Å².